The molecule has 1 aromatic carbocycles. The Kier molecular flexibility index (Phi) is 5.47. The van der Waals surface area contributed by atoms with Gasteiger partial charge in [0.2, 0.25) is 11.8 Å². The number of carboxylic acid groups (broad SMARTS) is 1. The number of ketones is 1. The van der Waals surface area contributed by atoms with Crippen LogP contribution in [-0.2, 0) is 11.4 Å². The molecule has 156 valence electrons. The van der Waals surface area contributed by atoms with E-state index < -0.39 is 24.0 Å². The Morgan fingerprint density at radius 1 is 1.13 bits per heavy atom. The van der Waals surface area contributed by atoms with E-state index >= 15 is 0 Å². The van der Waals surface area contributed by atoms with Gasteiger partial charge in [-0.3, -0.25) is 4.79 Å². The summed E-state index contributed by atoms with van der Waals surface area (Å²) in [7, 11) is 0. The summed E-state index contributed by atoms with van der Waals surface area (Å²) in [5.41, 5.74) is 11.1. The number of carbonyl (C=O) groups excluding carboxylic acids is 1. The Labute approximate surface area is 165 Å². The molecule has 0 amide bonds. The van der Waals surface area contributed by atoms with Gasteiger partial charge in [-0.25, -0.2) is 14.8 Å². The number of nitrogens with zero attached hydrogens (tertiary/aromatic N) is 4. The van der Waals surface area contributed by atoms with Gasteiger partial charge >= 0.3 is 12.1 Å². The molecule has 2 aromatic heterocycles. The van der Waals surface area contributed by atoms with Crippen LogP contribution in [0.15, 0.2) is 30.5 Å². The number of carboxylic acids is 1. The molecule has 0 saturated heterocycles. The molecule has 1 unspecified atom stereocenters. The molecule has 0 spiro atoms. The van der Waals surface area contributed by atoms with Crippen molar-refractivity contribution in [3.63, 3.8) is 0 Å². The van der Waals surface area contributed by atoms with Crippen molar-refractivity contribution < 1.29 is 32.6 Å². The highest BCUT2D eigenvalue weighted by Gasteiger charge is 2.42. The number of fused-ring (bicyclic) bond motifs is 1. The van der Waals surface area contributed by atoms with E-state index in [0.29, 0.717) is 5.56 Å². The predicted octanol–water partition coefficient (Wildman–Crippen LogP) is 1.41. The van der Waals surface area contributed by atoms with Crippen molar-refractivity contribution in [1.82, 2.24) is 19.9 Å². The number of ether oxygens (including phenoxy) is 1. The summed E-state index contributed by atoms with van der Waals surface area (Å²) in [6.07, 6.45) is -4.03. The monoisotopic (exact) mass is 422 g/mol. The van der Waals surface area contributed by atoms with Crippen LogP contribution >= 0.6 is 0 Å². The van der Waals surface area contributed by atoms with Crippen molar-refractivity contribution >= 4 is 28.9 Å². The Morgan fingerprint density at radius 3 is 2.40 bits per heavy atom. The Hall–Kier alpha value is -3.87. The van der Waals surface area contributed by atoms with Gasteiger partial charge in [-0.05, 0) is 11.1 Å². The Morgan fingerprint density at radius 2 is 1.80 bits per heavy atom. The number of aromatic carboxylic acids is 1. The molecular formula is C17H13F3N6O4. The number of hydrogen-bond donors (Lipinski definition) is 3. The standard InChI is InChI=1S/C17H13F3N6O4/c18-17(19,20)12(27)10(21)8-3-1-7(2-4-8)6-30-14-11-13(25-16(22)26-14)23-5-9(24-11)15(28)29/h1-5,10H,6,21H2,(H,28,29)(H2,22,23,25,26). The maximum atomic E-state index is 12.5. The normalized spacial score (nSPS) is 12.5. The number of nitrogen functional groups attached to an aromatic ring is 1. The van der Waals surface area contributed by atoms with Crippen molar-refractivity contribution in [1.29, 1.82) is 0 Å². The first-order chi connectivity index (χ1) is 14.1. The SMILES string of the molecule is Nc1nc(OCc2ccc(C(N)C(=O)C(F)(F)F)cc2)c2nc(C(=O)O)cnc2n1. The second-order valence-electron chi connectivity index (χ2n) is 5.99. The molecule has 0 aliphatic rings. The minimum absolute atomic E-state index is 0.0187. The van der Waals surface area contributed by atoms with E-state index in [2.05, 4.69) is 19.9 Å². The van der Waals surface area contributed by atoms with Gasteiger partial charge < -0.3 is 21.3 Å². The van der Waals surface area contributed by atoms with Crippen LogP contribution in [0.3, 0.4) is 0 Å². The third-order valence-corrected chi connectivity index (χ3v) is 3.89. The second-order valence-corrected chi connectivity index (χ2v) is 5.99. The summed E-state index contributed by atoms with van der Waals surface area (Å²) in [4.78, 5) is 37.8. The van der Waals surface area contributed by atoms with E-state index in [4.69, 9.17) is 21.3 Å². The second kappa shape index (κ2) is 7.87. The lowest BCUT2D eigenvalue weighted by Crippen LogP contribution is -2.33. The fraction of sp³-hybridized carbons (Fsp3) is 0.176. The van der Waals surface area contributed by atoms with Gasteiger partial charge in [0, 0.05) is 0 Å². The molecule has 0 radical (unpaired) electrons. The summed E-state index contributed by atoms with van der Waals surface area (Å²) in [6.45, 7) is -0.118. The molecule has 0 saturated carbocycles. The summed E-state index contributed by atoms with van der Waals surface area (Å²) < 4.78 is 43.0. The molecule has 0 bridgehead atoms. The summed E-state index contributed by atoms with van der Waals surface area (Å²) in [5, 5.41) is 9.04. The van der Waals surface area contributed by atoms with Crippen molar-refractivity contribution in [2.24, 2.45) is 5.73 Å². The third kappa shape index (κ3) is 4.41. The van der Waals surface area contributed by atoms with Gasteiger partial charge in [-0.15, -0.1) is 0 Å². The van der Waals surface area contributed by atoms with Gasteiger partial charge in [-0.2, -0.15) is 23.1 Å². The summed E-state index contributed by atoms with van der Waals surface area (Å²) in [5.74, 6) is -3.67. The van der Waals surface area contributed by atoms with E-state index in [-0.39, 0.29) is 40.9 Å². The molecule has 0 fully saturated rings. The zero-order valence-corrected chi connectivity index (χ0v) is 14.9. The first-order valence-electron chi connectivity index (χ1n) is 8.18. The molecule has 2 heterocycles. The van der Waals surface area contributed by atoms with Crippen molar-refractivity contribution in [3.05, 3.63) is 47.3 Å². The van der Waals surface area contributed by atoms with E-state index in [0.717, 1.165) is 6.20 Å². The van der Waals surface area contributed by atoms with E-state index in [1.807, 2.05) is 0 Å². The molecule has 0 aliphatic carbocycles. The molecule has 13 heteroatoms. The van der Waals surface area contributed by atoms with Crippen LogP contribution in [0, 0.1) is 0 Å². The van der Waals surface area contributed by atoms with Gasteiger partial charge in [-0.1, -0.05) is 24.3 Å². The first-order valence-corrected chi connectivity index (χ1v) is 8.18. The smallest absolute Gasteiger partial charge is 0.452 e. The van der Waals surface area contributed by atoms with Gasteiger partial charge in [0.05, 0.1) is 12.2 Å². The van der Waals surface area contributed by atoms with E-state index in [9.17, 15) is 22.8 Å². The fourth-order valence-electron chi connectivity index (χ4n) is 2.40. The number of rotatable bonds is 6. The number of aromatic nitrogens is 4. The maximum Gasteiger partial charge on any atom is 0.452 e. The highest BCUT2D eigenvalue weighted by Crippen LogP contribution is 2.25. The average molecular weight is 422 g/mol. The third-order valence-electron chi connectivity index (χ3n) is 3.89. The van der Waals surface area contributed by atoms with E-state index in [1.165, 1.54) is 24.3 Å². The number of alkyl halides is 3. The lowest BCUT2D eigenvalue weighted by Gasteiger charge is -2.14. The molecule has 30 heavy (non-hydrogen) atoms. The summed E-state index contributed by atoms with van der Waals surface area (Å²) in [6, 6.07) is 3.53. The zero-order valence-electron chi connectivity index (χ0n) is 14.9. The lowest BCUT2D eigenvalue weighted by atomic mass is 10.0. The fourth-order valence-corrected chi connectivity index (χ4v) is 2.40. The predicted molar refractivity (Wildman–Crippen MR) is 95.3 cm³/mol. The lowest BCUT2D eigenvalue weighted by molar-refractivity contribution is -0.172. The maximum absolute atomic E-state index is 12.5. The number of hydrogen-bond acceptors (Lipinski definition) is 9. The number of benzene rings is 1. The quantitative estimate of drug-likeness (QED) is 0.528. The van der Waals surface area contributed by atoms with Crippen LogP contribution < -0.4 is 16.2 Å². The molecule has 5 N–H and O–H groups in total. The first kappa shape index (κ1) is 20.9. The highest BCUT2D eigenvalue weighted by atomic mass is 19.4. The molecule has 0 aliphatic heterocycles. The van der Waals surface area contributed by atoms with Crippen LogP contribution in [0.25, 0.3) is 11.2 Å². The Bertz CT molecular complexity index is 1120. The number of carbonyl (C=O) groups is 2. The number of halogens is 3. The highest BCUT2D eigenvalue weighted by molar-refractivity contribution is 5.90. The minimum atomic E-state index is -5.04. The molecule has 3 aromatic rings. The zero-order chi connectivity index (χ0) is 22.1. The Balaban J connectivity index is 1.80. The van der Waals surface area contributed by atoms with Crippen molar-refractivity contribution in [2.75, 3.05) is 5.73 Å². The van der Waals surface area contributed by atoms with Crippen LogP contribution in [0.4, 0.5) is 19.1 Å². The number of Topliss-reactive ketones (excluding diaryl/α,β-unsaturated/α-hetero) is 1. The van der Waals surface area contributed by atoms with Crippen LogP contribution in [-0.4, -0.2) is 43.0 Å². The molecular weight excluding hydrogens is 409 g/mol. The van der Waals surface area contributed by atoms with E-state index in [1.54, 1.807) is 0 Å². The van der Waals surface area contributed by atoms with Gasteiger partial charge in [0.1, 0.15) is 6.61 Å². The van der Waals surface area contributed by atoms with Crippen molar-refractivity contribution in [3.8, 4) is 5.88 Å². The van der Waals surface area contributed by atoms with Crippen LogP contribution in [0.2, 0.25) is 0 Å². The average Bonchev–Trinajstić information content (AvgIpc) is 2.70. The van der Waals surface area contributed by atoms with Crippen LogP contribution in [0.5, 0.6) is 5.88 Å². The number of nitrogens with two attached hydrogens (primary N) is 2. The number of anilines is 1. The van der Waals surface area contributed by atoms with Crippen molar-refractivity contribution in [2.45, 2.75) is 18.8 Å². The molecule has 1 atom stereocenters. The van der Waals surface area contributed by atoms with Crippen LogP contribution in [0.1, 0.15) is 27.7 Å². The minimum Gasteiger partial charge on any atom is -0.476 e. The molecule has 3 rings (SSSR count). The topological polar surface area (TPSA) is 167 Å². The summed E-state index contributed by atoms with van der Waals surface area (Å²) >= 11 is 0. The van der Waals surface area contributed by atoms with Gasteiger partial charge in [0.25, 0.3) is 5.78 Å². The van der Waals surface area contributed by atoms with Gasteiger partial charge in [0.15, 0.2) is 16.9 Å². The largest absolute Gasteiger partial charge is 0.476 e. The molecule has 10 nitrogen and oxygen atoms in total.